The molecule has 0 saturated carbocycles. The Balaban J connectivity index is 1.72. The molecule has 0 spiro atoms. The number of hydrogen-bond donors (Lipinski definition) is 0. The Morgan fingerprint density at radius 1 is 1.29 bits per heavy atom. The van der Waals surface area contributed by atoms with Crippen LogP contribution in [-0.2, 0) is 34.1 Å². The second-order valence-electron chi connectivity index (χ2n) is 5.61. The molecule has 0 bridgehead atoms. The Kier molecular flexibility index (Phi) is 4.57. The number of ether oxygens (including phenoxy) is 1. The Hall–Kier alpha value is -2.74. The minimum atomic E-state index is -0.412. The molecule has 0 fully saturated rings. The highest BCUT2D eigenvalue weighted by atomic mass is 16.7. The van der Waals surface area contributed by atoms with Gasteiger partial charge < -0.3 is 9.57 Å². The van der Waals surface area contributed by atoms with Gasteiger partial charge in [0, 0.05) is 6.92 Å². The second-order valence-corrected chi connectivity index (χ2v) is 5.61. The van der Waals surface area contributed by atoms with Crippen LogP contribution >= 0.6 is 0 Å². The van der Waals surface area contributed by atoms with Gasteiger partial charge in [-0.1, -0.05) is 23.4 Å². The fourth-order valence-electron chi connectivity index (χ4n) is 2.47. The molecule has 1 aromatic carbocycles. The quantitative estimate of drug-likeness (QED) is 0.781. The predicted octanol–water partition coefficient (Wildman–Crippen LogP) is 1.32. The minimum Gasteiger partial charge on any atom is -0.459 e. The van der Waals surface area contributed by atoms with Gasteiger partial charge >= 0.3 is 11.9 Å². The highest BCUT2D eigenvalue weighted by Gasteiger charge is 2.30. The van der Waals surface area contributed by atoms with Crippen LogP contribution in [0.2, 0.25) is 0 Å². The zero-order valence-corrected chi connectivity index (χ0v) is 13.5. The van der Waals surface area contributed by atoms with Gasteiger partial charge in [-0.15, -0.1) is 10.2 Å². The number of nitrogens with zero attached hydrogens (tertiary/aromatic N) is 4. The fraction of sp³-hybridized carbons (Fsp3) is 0.375. The van der Waals surface area contributed by atoms with E-state index < -0.39 is 5.97 Å². The normalized spacial score (nSPS) is 17.2. The van der Waals surface area contributed by atoms with E-state index in [-0.39, 0.29) is 18.6 Å². The molecule has 3 rings (SSSR count). The van der Waals surface area contributed by atoms with E-state index in [1.165, 1.54) is 6.92 Å². The summed E-state index contributed by atoms with van der Waals surface area (Å²) in [5.41, 5.74) is 1.83. The molecule has 126 valence electrons. The third kappa shape index (κ3) is 3.43. The molecular weight excluding hydrogens is 312 g/mol. The third-order valence-corrected chi connectivity index (χ3v) is 3.77. The summed E-state index contributed by atoms with van der Waals surface area (Å²) in [6, 6.07) is 8.77. The van der Waals surface area contributed by atoms with Crippen LogP contribution in [0.5, 0.6) is 0 Å². The average molecular weight is 330 g/mol. The van der Waals surface area contributed by atoms with Gasteiger partial charge in [0.05, 0.1) is 30.4 Å². The van der Waals surface area contributed by atoms with E-state index in [4.69, 9.17) is 9.57 Å². The number of benzene rings is 1. The van der Waals surface area contributed by atoms with Gasteiger partial charge in [0.25, 0.3) is 0 Å². The van der Waals surface area contributed by atoms with Crippen molar-refractivity contribution in [2.45, 2.75) is 39.6 Å². The van der Waals surface area contributed by atoms with Crippen molar-refractivity contribution in [3.8, 4) is 0 Å². The lowest BCUT2D eigenvalue weighted by Gasteiger charge is -2.31. The van der Waals surface area contributed by atoms with Crippen molar-refractivity contribution in [3.05, 3.63) is 47.3 Å². The largest absolute Gasteiger partial charge is 0.459 e. The van der Waals surface area contributed by atoms with Gasteiger partial charge in [0.2, 0.25) is 0 Å². The lowest BCUT2D eigenvalue weighted by atomic mass is 10.2. The number of rotatable bonds is 4. The minimum absolute atomic E-state index is 0.0477. The van der Waals surface area contributed by atoms with Crippen LogP contribution in [0.3, 0.4) is 0 Å². The smallest absolute Gasteiger partial charge is 0.357 e. The van der Waals surface area contributed by atoms with E-state index in [1.54, 1.807) is 34.0 Å². The zero-order chi connectivity index (χ0) is 17.1. The summed E-state index contributed by atoms with van der Waals surface area (Å²) in [6.07, 6.45) is 0. The van der Waals surface area contributed by atoms with E-state index in [2.05, 4.69) is 10.3 Å². The first-order valence-electron chi connectivity index (χ1n) is 7.63. The van der Waals surface area contributed by atoms with Crippen molar-refractivity contribution in [2.24, 2.45) is 0 Å². The molecule has 1 atom stereocenters. The van der Waals surface area contributed by atoms with Gasteiger partial charge in [-0.25, -0.2) is 9.48 Å². The zero-order valence-electron chi connectivity index (χ0n) is 13.5. The Morgan fingerprint density at radius 3 is 2.75 bits per heavy atom. The number of aromatic nitrogens is 3. The number of carbonyl (C=O) groups excluding carboxylic acids is 2. The number of carbonyl (C=O) groups is 2. The Labute approximate surface area is 138 Å². The SMILES string of the molecule is CC(=O)OCc1nnn2c1CN(OC(=O)c1ccccc1)[C@@H](C)C2. The molecule has 24 heavy (non-hydrogen) atoms. The summed E-state index contributed by atoms with van der Waals surface area (Å²) >= 11 is 0. The highest BCUT2D eigenvalue weighted by molar-refractivity contribution is 5.89. The van der Waals surface area contributed by atoms with Gasteiger partial charge in [-0.2, -0.15) is 0 Å². The fourth-order valence-corrected chi connectivity index (χ4v) is 2.47. The monoisotopic (exact) mass is 330 g/mol. The van der Waals surface area contributed by atoms with E-state index in [0.717, 1.165) is 5.69 Å². The first kappa shape index (κ1) is 16.1. The van der Waals surface area contributed by atoms with Crippen LogP contribution < -0.4 is 0 Å². The van der Waals surface area contributed by atoms with E-state index in [1.807, 2.05) is 13.0 Å². The Morgan fingerprint density at radius 2 is 2.04 bits per heavy atom. The van der Waals surface area contributed by atoms with Crippen LogP contribution in [0, 0.1) is 0 Å². The molecule has 0 amide bonds. The maximum atomic E-state index is 12.2. The van der Waals surface area contributed by atoms with Crippen molar-refractivity contribution in [1.29, 1.82) is 0 Å². The van der Waals surface area contributed by atoms with Crippen molar-refractivity contribution in [1.82, 2.24) is 20.1 Å². The molecule has 1 aromatic heterocycles. The topological polar surface area (TPSA) is 86.6 Å². The van der Waals surface area contributed by atoms with Crippen molar-refractivity contribution >= 4 is 11.9 Å². The molecule has 2 heterocycles. The summed E-state index contributed by atoms with van der Waals surface area (Å²) in [4.78, 5) is 28.7. The van der Waals surface area contributed by atoms with E-state index in [0.29, 0.717) is 24.3 Å². The van der Waals surface area contributed by atoms with Gasteiger partial charge in [0.1, 0.15) is 12.3 Å². The van der Waals surface area contributed by atoms with Crippen LogP contribution in [0.25, 0.3) is 0 Å². The Bertz CT molecular complexity index is 744. The van der Waals surface area contributed by atoms with Gasteiger partial charge in [0.15, 0.2) is 0 Å². The molecule has 0 radical (unpaired) electrons. The number of esters is 1. The van der Waals surface area contributed by atoms with Crippen LogP contribution in [0.4, 0.5) is 0 Å². The van der Waals surface area contributed by atoms with Crippen molar-refractivity contribution < 1.29 is 19.2 Å². The number of hydrogen-bond acceptors (Lipinski definition) is 7. The van der Waals surface area contributed by atoms with Gasteiger partial charge in [-0.3, -0.25) is 4.79 Å². The molecule has 0 saturated heterocycles. The molecule has 1 aliphatic heterocycles. The van der Waals surface area contributed by atoms with E-state index in [9.17, 15) is 9.59 Å². The second kappa shape index (κ2) is 6.79. The maximum absolute atomic E-state index is 12.2. The number of fused-ring (bicyclic) bond motifs is 1. The number of hydroxylamine groups is 2. The molecule has 2 aromatic rings. The molecule has 0 unspecified atom stereocenters. The maximum Gasteiger partial charge on any atom is 0.357 e. The van der Waals surface area contributed by atoms with Crippen molar-refractivity contribution in [2.75, 3.05) is 0 Å². The standard InChI is InChI=1S/C16H18N4O4/c1-11-8-19-15(14(17-18-19)10-23-12(2)21)9-20(11)24-16(22)13-6-4-3-5-7-13/h3-7,11H,8-10H2,1-2H3/t11-/m0/s1. The predicted molar refractivity (Wildman–Crippen MR) is 82.4 cm³/mol. The first-order chi connectivity index (χ1) is 11.5. The molecule has 8 nitrogen and oxygen atoms in total. The summed E-state index contributed by atoms with van der Waals surface area (Å²) in [6.45, 7) is 4.20. The first-order valence-corrected chi connectivity index (χ1v) is 7.63. The summed E-state index contributed by atoms with van der Waals surface area (Å²) < 4.78 is 6.73. The van der Waals surface area contributed by atoms with Crippen molar-refractivity contribution in [3.63, 3.8) is 0 Å². The summed E-state index contributed by atoms with van der Waals surface area (Å²) in [5, 5.41) is 9.71. The lowest BCUT2D eigenvalue weighted by Crippen LogP contribution is -2.42. The van der Waals surface area contributed by atoms with Crippen LogP contribution in [0.15, 0.2) is 30.3 Å². The lowest BCUT2D eigenvalue weighted by molar-refractivity contribution is -0.154. The average Bonchev–Trinajstić information content (AvgIpc) is 2.96. The van der Waals surface area contributed by atoms with Crippen LogP contribution in [0.1, 0.15) is 35.6 Å². The van der Waals surface area contributed by atoms with Crippen LogP contribution in [-0.4, -0.2) is 38.0 Å². The summed E-state index contributed by atoms with van der Waals surface area (Å²) in [7, 11) is 0. The van der Waals surface area contributed by atoms with E-state index >= 15 is 0 Å². The molecule has 8 heteroatoms. The molecule has 0 aliphatic carbocycles. The molecule has 1 aliphatic rings. The molecular formula is C16H18N4O4. The summed E-state index contributed by atoms with van der Waals surface area (Å²) in [5.74, 6) is -0.793. The highest BCUT2D eigenvalue weighted by Crippen LogP contribution is 2.20. The van der Waals surface area contributed by atoms with Gasteiger partial charge in [-0.05, 0) is 19.1 Å². The molecule has 0 N–H and O–H groups in total. The third-order valence-electron chi connectivity index (χ3n) is 3.77.